The van der Waals surface area contributed by atoms with Gasteiger partial charge in [0.25, 0.3) is 5.69 Å². The van der Waals surface area contributed by atoms with Crippen LogP contribution in [0.5, 0.6) is 17.2 Å². The predicted molar refractivity (Wildman–Crippen MR) is 149 cm³/mol. The molecule has 4 rings (SSSR count). The minimum Gasteiger partial charge on any atom is -0.488 e. The number of azo groups is 1. The number of nitrogens with zero attached hydrogens (tertiary/aromatic N) is 4. The number of rotatable bonds is 11. The summed E-state index contributed by atoms with van der Waals surface area (Å²) in [5.41, 5.74) is 15.2. The summed E-state index contributed by atoms with van der Waals surface area (Å²) in [7, 11) is 0. The highest BCUT2D eigenvalue weighted by Crippen LogP contribution is 2.34. The third-order valence-corrected chi connectivity index (χ3v) is 5.63. The standard InChI is InChI=1S/C28H28N6O4/c1-2-33(24-10-6-22(7-11-24)31-32-23-8-12-25(13-9-23)34(35)36)17-18-37-28-19-21(30)5-16-27(28)38-26-14-3-20(29)4-15-26/h3-16,19H,2,17-18,29-30H2,1H3. The Labute approximate surface area is 220 Å². The van der Waals surface area contributed by atoms with Crippen LogP contribution in [0.3, 0.4) is 0 Å². The largest absolute Gasteiger partial charge is 0.488 e. The second-order valence-electron chi connectivity index (χ2n) is 8.30. The molecule has 10 heteroatoms. The molecule has 0 unspecified atom stereocenters. The monoisotopic (exact) mass is 512 g/mol. The van der Waals surface area contributed by atoms with Gasteiger partial charge in [0.15, 0.2) is 11.5 Å². The maximum Gasteiger partial charge on any atom is 0.269 e. The van der Waals surface area contributed by atoms with E-state index in [1.165, 1.54) is 12.1 Å². The van der Waals surface area contributed by atoms with Crippen LogP contribution in [0.2, 0.25) is 0 Å². The lowest BCUT2D eigenvalue weighted by Crippen LogP contribution is -2.28. The molecule has 38 heavy (non-hydrogen) atoms. The number of nitrogens with two attached hydrogens (primary N) is 2. The number of likely N-dealkylation sites (N-methyl/N-ethyl adjacent to an activating group) is 1. The number of anilines is 3. The second kappa shape index (κ2) is 12.2. The van der Waals surface area contributed by atoms with Crippen LogP contribution in [0, 0.1) is 10.1 Å². The molecule has 10 nitrogen and oxygen atoms in total. The Bertz CT molecular complexity index is 1390. The highest BCUT2D eigenvalue weighted by atomic mass is 16.6. The zero-order valence-corrected chi connectivity index (χ0v) is 20.9. The molecular weight excluding hydrogens is 484 g/mol. The number of ether oxygens (including phenoxy) is 2. The number of nitro benzene ring substituents is 1. The summed E-state index contributed by atoms with van der Waals surface area (Å²) >= 11 is 0. The first-order valence-electron chi connectivity index (χ1n) is 12.0. The third kappa shape index (κ3) is 6.97. The smallest absolute Gasteiger partial charge is 0.269 e. The van der Waals surface area contributed by atoms with Gasteiger partial charge in [0.05, 0.1) is 22.8 Å². The number of hydrogen-bond donors (Lipinski definition) is 2. The van der Waals surface area contributed by atoms with E-state index in [2.05, 4.69) is 22.1 Å². The Hall–Kier alpha value is -5.12. The van der Waals surface area contributed by atoms with E-state index in [4.69, 9.17) is 20.9 Å². The van der Waals surface area contributed by atoms with Crippen molar-refractivity contribution in [3.8, 4) is 17.2 Å². The van der Waals surface area contributed by atoms with E-state index in [1.54, 1.807) is 54.6 Å². The molecule has 0 aliphatic carbocycles. The molecular formula is C28H28N6O4. The Morgan fingerprint density at radius 3 is 2.03 bits per heavy atom. The van der Waals surface area contributed by atoms with Gasteiger partial charge in [0.2, 0.25) is 0 Å². The Kier molecular flexibility index (Phi) is 8.35. The van der Waals surface area contributed by atoms with Crippen LogP contribution < -0.4 is 25.8 Å². The van der Waals surface area contributed by atoms with Crippen molar-refractivity contribution in [2.24, 2.45) is 10.2 Å². The zero-order chi connectivity index (χ0) is 26.9. The number of non-ortho nitro benzene ring substituents is 1. The predicted octanol–water partition coefficient (Wildman–Crippen LogP) is 6.87. The van der Waals surface area contributed by atoms with Crippen LogP contribution in [-0.2, 0) is 0 Å². The summed E-state index contributed by atoms with van der Waals surface area (Å²) in [6, 6.07) is 26.0. The number of nitro groups is 1. The van der Waals surface area contributed by atoms with Gasteiger partial charge in [-0.2, -0.15) is 10.2 Å². The summed E-state index contributed by atoms with van der Waals surface area (Å²) in [5, 5.41) is 19.1. The average Bonchev–Trinajstić information content (AvgIpc) is 2.93. The molecule has 0 saturated carbocycles. The lowest BCUT2D eigenvalue weighted by molar-refractivity contribution is -0.384. The van der Waals surface area contributed by atoms with Gasteiger partial charge in [0.1, 0.15) is 12.4 Å². The summed E-state index contributed by atoms with van der Waals surface area (Å²) in [6.45, 7) is 3.89. The highest BCUT2D eigenvalue weighted by molar-refractivity contribution is 5.55. The van der Waals surface area contributed by atoms with E-state index in [0.29, 0.717) is 53.1 Å². The molecule has 0 spiro atoms. The fourth-order valence-corrected chi connectivity index (χ4v) is 3.61. The summed E-state index contributed by atoms with van der Waals surface area (Å²) in [5.74, 6) is 1.77. The topological polar surface area (TPSA) is 142 Å². The van der Waals surface area contributed by atoms with Crippen LogP contribution in [0.25, 0.3) is 0 Å². The van der Waals surface area contributed by atoms with Crippen LogP contribution >= 0.6 is 0 Å². The maximum absolute atomic E-state index is 10.8. The fourth-order valence-electron chi connectivity index (χ4n) is 3.61. The average molecular weight is 513 g/mol. The zero-order valence-electron chi connectivity index (χ0n) is 20.9. The van der Waals surface area contributed by atoms with Crippen molar-refractivity contribution in [3.63, 3.8) is 0 Å². The number of nitrogen functional groups attached to an aromatic ring is 2. The van der Waals surface area contributed by atoms with E-state index in [1.807, 2.05) is 24.3 Å². The molecule has 0 radical (unpaired) electrons. The molecule has 0 aliphatic rings. The molecule has 0 aliphatic heterocycles. The van der Waals surface area contributed by atoms with Crippen LogP contribution in [0.4, 0.5) is 34.1 Å². The van der Waals surface area contributed by atoms with Crippen molar-refractivity contribution in [3.05, 3.63) is 101 Å². The van der Waals surface area contributed by atoms with Crippen molar-refractivity contribution in [1.29, 1.82) is 0 Å². The molecule has 0 fully saturated rings. The fraction of sp³-hybridized carbons (Fsp3) is 0.143. The Morgan fingerprint density at radius 1 is 0.816 bits per heavy atom. The molecule has 0 saturated heterocycles. The first kappa shape index (κ1) is 26.0. The molecule has 0 bridgehead atoms. The van der Waals surface area contributed by atoms with Crippen LogP contribution in [0.15, 0.2) is 101 Å². The van der Waals surface area contributed by atoms with E-state index in [-0.39, 0.29) is 5.69 Å². The SMILES string of the molecule is CCN(CCOc1cc(N)ccc1Oc1ccc(N)cc1)c1ccc(N=Nc2ccc([N+](=O)[O-])cc2)cc1. The molecule has 4 aromatic rings. The lowest BCUT2D eigenvalue weighted by Gasteiger charge is -2.23. The molecule has 0 aromatic heterocycles. The molecule has 0 amide bonds. The highest BCUT2D eigenvalue weighted by Gasteiger charge is 2.10. The molecule has 0 atom stereocenters. The third-order valence-electron chi connectivity index (χ3n) is 5.63. The van der Waals surface area contributed by atoms with Crippen molar-refractivity contribution < 1.29 is 14.4 Å². The van der Waals surface area contributed by atoms with Crippen molar-refractivity contribution in [2.75, 3.05) is 36.1 Å². The Morgan fingerprint density at radius 2 is 1.42 bits per heavy atom. The second-order valence-corrected chi connectivity index (χ2v) is 8.30. The number of hydrogen-bond acceptors (Lipinski definition) is 9. The molecule has 4 aromatic carbocycles. The number of benzene rings is 4. The molecule has 4 N–H and O–H groups in total. The minimum absolute atomic E-state index is 0.0122. The van der Waals surface area contributed by atoms with Crippen LogP contribution in [-0.4, -0.2) is 24.6 Å². The minimum atomic E-state index is -0.451. The summed E-state index contributed by atoms with van der Waals surface area (Å²) in [4.78, 5) is 12.5. The van der Waals surface area contributed by atoms with Gasteiger partial charge >= 0.3 is 0 Å². The van der Waals surface area contributed by atoms with Gasteiger partial charge in [-0.1, -0.05) is 0 Å². The lowest BCUT2D eigenvalue weighted by atomic mass is 10.2. The van der Waals surface area contributed by atoms with E-state index < -0.39 is 4.92 Å². The molecule has 0 heterocycles. The van der Waals surface area contributed by atoms with E-state index >= 15 is 0 Å². The van der Waals surface area contributed by atoms with Crippen molar-refractivity contribution >= 4 is 34.1 Å². The summed E-state index contributed by atoms with van der Waals surface area (Å²) < 4.78 is 12.0. The normalized spacial score (nSPS) is 10.9. The maximum atomic E-state index is 10.8. The quantitative estimate of drug-likeness (QED) is 0.0966. The van der Waals surface area contributed by atoms with Crippen molar-refractivity contribution in [2.45, 2.75) is 6.92 Å². The first-order valence-corrected chi connectivity index (χ1v) is 12.0. The van der Waals surface area contributed by atoms with Crippen LogP contribution in [0.1, 0.15) is 6.92 Å². The van der Waals surface area contributed by atoms with Gasteiger partial charge in [-0.05, 0) is 79.7 Å². The van der Waals surface area contributed by atoms with Gasteiger partial charge in [0, 0.05) is 41.8 Å². The van der Waals surface area contributed by atoms with E-state index in [9.17, 15) is 10.1 Å². The van der Waals surface area contributed by atoms with Gasteiger partial charge in [-0.25, -0.2) is 0 Å². The Balaban J connectivity index is 1.35. The summed E-state index contributed by atoms with van der Waals surface area (Å²) in [6.07, 6.45) is 0. The molecule has 194 valence electrons. The van der Waals surface area contributed by atoms with Crippen molar-refractivity contribution in [1.82, 2.24) is 0 Å². The van der Waals surface area contributed by atoms with Gasteiger partial charge in [-0.3, -0.25) is 10.1 Å². The van der Waals surface area contributed by atoms with Gasteiger partial charge in [-0.15, -0.1) is 0 Å². The van der Waals surface area contributed by atoms with Gasteiger partial charge < -0.3 is 25.8 Å². The first-order chi connectivity index (χ1) is 18.4. The van der Waals surface area contributed by atoms with E-state index in [0.717, 1.165) is 12.2 Å².